The first-order valence-corrected chi connectivity index (χ1v) is 7.32. The van der Waals surface area contributed by atoms with Crippen LogP contribution in [0.15, 0.2) is 23.4 Å². The highest BCUT2D eigenvalue weighted by molar-refractivity contribution is 6.29. The molecule has 0 bridgehead atoms. The van der Waals surface area contributed by atoms with Crippen LogP contribution >= 0.6 is 11.6 Å². The van der Waals surface area contributed by atoms with Gasteiger partial charge in [-0.1, -0.05) is 23.8 Å². The van der Waals surface area contributed by atoms with E-state index in [9.17, 15) is 9.59 Å². The van der Waals surface area contributed by atoms with Crippen LogP contribution in [0.1, 0.15) is 47.0 Å². The van der Waals surface area contributed by atoms with Crippen molar-refractivity contribution in [3.8, 4) is 0 Å². The molecule has 0 aromatic carbocycles. The van der Waals surface area contributed by atoms with E-state index < -0.39 is 11.7 Å². The fourth-order valence-electron chi connectivity index (χ4n) is 1.29. The van der Waals surface area contributed by atoms with Gasteiger partial charge in [-0.2, -0.15) is 0 Å². The van der Waals surface area contributed by atoms with Gasteiger partial charge in [0.05, 0.1) is 0 Å². The summed E-state index contributed by atoms with van der Waals surface area (Å²) in [5.74, 6) is -0.298. The fraction of sp³-hybridized carbons (Fsp3) is 0.600. The SMILES string of the molecule is C/C(Cl)=C\CCC/C=C\NC(=O)CNC(=O)OC(C)(C)C. The molecule has 2 N–H and O–H groups in total. The minimum atomic E-state index is -0.607. The summed E-state index contributed by atoms with van der Waals surface area (Å²) in [7, 11) is 0. The third-order valence-corrected chi connectivity index (χ3v) is 2.31. The molecule has 0 aliphatic carbocycles. The molecule has 0 heterocycles. The predicted molar refractivity (Wildman–Crippen MR) is 85.0 cm³/mol. The maximum absolute atomic E-state index is 11.4. The van der Waals surface area contributed by atoms with E-state index in [0.29, 0.717) is 0 Å². The number of allylic oxidation sites excluding steroid dienone is 3. The Morgan fingerprint density at radius 1 is 1.24 bits per heavy atom. The van der Waals surface area contributed by atoms with Gasteiger partial charge in [0.25, 0.3) is 0 Å². The summed E-state index contributed by atoms with van der Waals surface area (Å²) in [4.78, 5) is 22.8. The van der Waals surface area contributed by atoms with E-state index >= 15 is 0 Å². The van der Waals surface area contributed by atoms with Crippen molar-refractivity contribution in [1.82, 2.24) is 10.6 Å². The van der Waals surface area contributed by atoms with Crippen LogP contribution in [-0.2, 0) is 9.53 Å². The first-order chi connectivity index (χ1) is 9.70. The third-order valence-electron chi connectivity index (χ3n) is 2.15. The summed E-state index contributed by atoms with van der Waals surface area (Å²) in [5, 5.41) is 5.74. The van der Waals surface area contributed by atoms with Crippen molar-refractivity contribution < 1.29 is 14.3 Å². The van der Waals surface area contributed by atoms with Gasteiger partial charge in [-0.15, -0.1) is 0 Å². The third kappa shape index (κ3) is 14.7. The molecule has 0 fully saturated rings. The topological polar surface area (TPSA) is 67.4 Å². The number of hydrogen-bond acceptors (Lipinski definition) is 3. The van der Waals surface area contributed by atoms with E-state index in [2.05, 4.69) is 10.6 Å². The van der Waals surface area contributed by atoms with Crippen LogP contribution in [0, 0.1) is 0 Å². The number of carbonyl (C=O) groups is 2. The molecule has 0 atom stereocenters. The number of alkyl carbamates (subject to hydrolysis) is 1. The van der Waals surface area contributed by atoms with Gasteiger partial charge in [0.2, 0.25) is 5.91 Å². The summed E-state index contributed by atoms with van der Waals surface area (Å²) in [6.45, 7) is 7.01. The van der Waals surface area contributed by atoms with Crippen LogP contribution in [0.3, 0.4) is 0 Å². The Morgan fingerprint density at radius 3 is 2.48 bits per heavy atom. The highest BCUT2D eigenvalue weighted by Gasteiger charge is 2.16. The average Bonchev–Trinajstić information content (AvgIpc) is 2.32. The number of rotatable bonds is 7. The molecule has 21 heavy (non-hydrogen) atoms. The van der Waals surface area contributed by atoms with E-state index in [0.717, 1.165) is 24.3 Å². The van der Waals surface area contributed by atoms with Gasteiger partial charge in [-0.05, 0) is 53.2 Å². The quantitative estimate of drug-likeness (QED) is 0.707. The van der Waals surface area contributed by atoms with E-state index in [1.807, 2.05) is 19.1 Å². The highest BCUT2D eigenvalue weighted by Crippen LogP contribution is 2.06. The fourth-order valence-corrected chi connectivity index (χ4v) is 1.40. The lowest BCUT2D eigenvalue weighted by molar-refractivity contribution is -0.119. The zero-order valence-corrected chi connectivity index (χ0v) is 13.9. The molecule has 5 nitrogen and oxygen atoms in total. The minimum Gasteiger partial charge on any atom is -0.444 e. The molecule has 0 radical (unpaired) electrons. The zero-order valence-electron chi connectivity index (χ0n) is 13.2. The van der Waals surface area contributed by atoms with Crippen molar-refractivity contribution in [3.05, 3.63) is 23.4 Å². The molecule has 0 spiro atoms. The number of hydrogen-bond donors (Lipinski definition) is 2. The van der Waals surface area contributed by atoms with Crippen LogP contribution in [-0.4, -0.2) is 24.1 Å². The Balaban J connectivity index is 3.71. The molecule has 0 aromatic rings. The Kier molecular flexibility index (Phi) is 9.54. The molecule has 0 rings (SSSR count). The summed E-state index contributed by atoms with van der Waals surface area (Å²) in [6.07, 6.45) is 7.52. The summed E-state index contributed by atoms with van der Waals surface area (Å²) >= 11 is 5.70. The summed E-state index contributed by atoms with van der Waals surface area (Å²) < 4.78 is 5.01. The van der Waals surface area contributed by atoms with Gasteiger partial charge >= 0.3 is 6.09 Å². The second kappa shape index (κ2) is 10.3. The van der Waals surface area contributed by atoms with Crippen molar-refractivity contribution >= 4 is 23.6 Å². The molecule has 120 valence electrons. The van der Waals surface area contributed by atoms with E-state index in [4.69, 9.17) is 16.3 Å². The van der Waals surface area contributed by atoms with Gasteiger partial charge in [0.15, 0.2) is 0 Å². The smallest absolute Gasteiger partial charge is 0.408 e. The Labute approximate surface area is 131 Å². The van der Waals surface area contributed by atoms with Gasteiger partial charge < -0.3 is 15.4 Å². The normalized spacial score (nSPS) is 12.3. The highest BCUT2D eigenvalue weighted by atomic mass is 35.5. The molecule has 0 saturated heterocycles. The first kappa shape index (κ1) is 19.5. The lowest BCUT2D eigenvalue weighted by Gasteiger charge is -2.19. The summed E-state index contributed by atoms with van der Waals surface area (Å²) in [5.41, 5.74) is -0.573. The molecular formula is C15H25ClN2O3. The van der Waals surface area contributed by atoms with E-state index in [-0.39, 0.29) is 12.5 Å². The number of unbranched alkanes of at least 4 members (excludes halogenated alkanes) is 2. The second-order valence-electron chi connectivity index (χ2n) is 5.55. The van der Waals surface area contributed by atoms with Crippen molar-refractivity contribution in [3.63, 3.8) is 0 Å². The van der Waals surface area contributed by atoms with Crippen LogP contribution in [0.4, 0.5) is 4.79 Å². The first-order valence-electron chi connectivity index (χ1n) is 6.94. The molecule has 0 unspecified atom stereocenters. The van der Waals surface area contributed by atoms with Gasteiger partial charge in [-0.25, -0.2) is 4.79 Å². The van der Waals surface area contributed by atoms with Gasteiger partial charge in [0.1, 0.15) is 12.1 Å². The van der Waals surface area contributed by atoms with Crippen molar-refractivity contribution in [2.24, 2.45) is 0 Å². The maximum atomic E-state index is 11.4. The predicted octanol–water partition coefficient (Wildman–Crippen LogP) is 3.45. The van der Waals surface area contributed by atoms with Crippen molar-refractivity contribution in [2.75, 3.05) is 6.54 Å². The largest absolute Gasteiger partial charge is 0.444 e. The van der Waals surface area contributed by atoms with E-state index in [1.165, 1.54) is 0 Å². The number of nitrogens with one attached hydrogen (secondary N) is 2. The number of halogens is 1. The second-order valence-corrected chi connectivity index (χ2v) is 6.14. The Morgan fingerprint density at radius 2 is 1.90 bits per heavy atom. The van der Waals surface area contributed by atoms with Crippen LogP contribution in [0.5, 0.6) is 0 Å². The molecule has 2 amide bonds. The maximum Gasteiger partial charge on any atom is 0.408 e. The van der Waals surface area contributed by atoms with Crippen LogP contribution in [0.25, 0.3) is 0 Å². The molecule has 0 aliphatic heterocycles. The lowest BCUT2D eigenvalue weighted by atomic mass is 10.2. The van der Waals surface area contributed by atoms with E-state index in [1.54, 1.807) is 27.0 Å². The lowest BCUT2D eigenvalue weighted by Crippen LogP contribution is -2.38. The average molecular weight is 317 g/mol. The van der Waals surface area contributed by atoms with Crippen LogP contribution in [0.2, 0.25) is 0 Å². The summed E-state index contributed by atoms with van der Waals surface area (Å²) in [6, 6.07) is 0. The Bertz CT molecular complexity index is 394. The molecule has 0 aliphatic rings. The number of amides is 2. The standard InChI is InChI=1S/C15H25ClN2O3/c1-12(16)9-7-5-6-8-10-17-13(19)11-18-14(20)21-15(2,3)4/h8-10H,5-7,11H2,1-4H3,(H,17,19)(H,18,20)/b10-8-,12-9+. The molecule has 6 heteroatoms. The molecule has 0 aromatic heterocycles. The molecular weight excluding hydrogens is 292 g/mol. The monoisotopic (exact) mass is 316 g/mol. The van der Waals surface area contributed by atoms with Gasteiger partial charge in [0, 0.05) is 5.03 Å². The molecule has 0 saturated carbocycles. The van der Waals surface area contributed by atoms with Crippen molar-refractivity contribution in [2.45, 2.75) is 52.6 Å². The van der Waals surface area contributed by atoms with Crippen molar-refractivity contribution in [1.29, 1.82) is 0 Å². The van der Waals surface area contributed by atoms with Crippen LogP contribution < -0.4 is 10.6 Å². The Hall–Kier alpha value is -1.49. The number of carbonyl (C=O) groups excluding carboxylic acids is 2. The minimum absolute atomic E-state index is 0.118. The zero-order chi connectivity index (χ0) is 16.3. The van der Waals surface area contributed by atoms with Gasteiger partial charge in [-0.3, -0.25) is 4.79 Å². The number of ether oxygens (including phenoxy) is 1.